The van der Waals surface area contributed by atoms with Crippen LogP contribution in [0.2, 0.25) is 0 Å². The van der Waals surface area contributed by atoms with Crippen LogP contribution in [-0.4, -0.2) is 18.7 Å². The fourth-order valence-electron chi connectivity index (χ4n) is 7.92. The largest absolute Gasteiger partial charge is 0.311 e. The van der Waals surface area contributed by atoms with E-state index in [9.17, 15) is 0 Å². The van der Waals surface area contributed by atoms with Gasteiger partial charge in [0.05, 0.1) is 11.7 Å². The molecule has 11 rings (SSSR count). The number of benzene rings is 8. The van der Waals surface area contributed by atoms with Gasteiger partial charge in [-0.3, -0.25) is 0 Å². The monoisotopic (exact) mass is 780 g/mol. The van der Waals surface area contributed by atoms with Gasteiger partial charge in [0.1, 0.15) is 32.4 Å². The predicted molar refractivity (Wildman–Crippen MR) is 244 cm³/mol. The van der Waals surface area contributed by atoms with Crippen LogP contribution in [0.4, 0.5) is 34.1 Å². The van der Waals surface area contributed by atoms with E-state index in [0.717, 1.165) is 98.9 Å². The molecule has 0 atom stereocenters. The number of thiophene rings is 1. The number of fused-ring (bicyclic) bond motifs is 5. The van der Waals surface area contributed by atoms with Crippen LogP contribution in [0, 0.1) is 0 Å². The van der Waals surface area contributed by atoms with Crippen molar-refractivity contribution in [3.63, 3.8) is 0 Å². The average molecular weight is 781 g/mol. The number of hydrogen-bond acceptors (Lipinski definition) is 8. The Morgan fingerprint density at radius 2 is 0.707 bits per heavy atom. The number of para-hydroxylation sites is 4. The van der Waals surface area contributed by atoms with Crippen molar-refractivity contribution in [1.29, 1.82) is 0 Å². The summed E-state index contributed by atoms with van der Waals surface area (Å²) in [7, 11) is 0. The Kier molecular flexibility index (Phi) is 8.42. The molecule has 274 valence electrons. The van der Waals surface area contributed by atoms with Gasteiger partial charge in [0.2, 0.25) is 0 Å². The Morgan fingerprint density at radius 1 is 0.328 bits per heavy atom. The lowest BCUT2D eigenvalue weighted by Gasteiger charge is -2.25. The second kappa shape index (κ2) is 14.4. The third kappa shape index (κ3) is 5.86. The molecule has 8 heteroatoms. The number of anilines is 6. The van der Waals surface area contributed by atoms with E-state index in [-0.39, 0.29) is 0 Å². The predicted octanol–water partition coefficient (Wildman–Crippen LogP) is 14.3. The number of aromatic nitrogens is 4. The number of rotatable bonds is 8. The van der Waals surface area contributed by atoms with Crippen molar-refractivity contribution in [2.45, 2.75) is 0 Å². The molecule has 8 aromatic carbocycles. The highest BCUT2D eigenvalue weighted by Crippen LogP contribution is 2.45. The third-order valence-corrected chi connectivity index (χ3v) is 12.1. The molecule has 11 aromatic rings. The Bertz CT molecular complexity index is 3130. The van der Waals surface area contributed by atoms with Gasteiger partial charge >= 0.3 is 0 Å². The molecule has 0 spiro atoms. The minimum Gasteiger partial charge on any atom is -0.311 e. The van der Waals surface area contributed by atoms with Crippen molar-refractivity contribution in [2.75, 3.05) is 9.80 Å². The second-order valence-corrected chi connectivity index (χ2v) is 15.6. The summed E-state index contributed by atoms with van der Waals surface area (Å²) >= 11 is 2.90. The summed E-state index contributed by atoms with van der Waals surface area (Å²) < 4.78 is 11.1. The molecule has 0 aliphatic heterocycles. The zero-order chi connectivity index (χ0) is 38.4. The molecule has 6 nitrogen and oxygen atoms in total. The van der Waals surface area contributed by atoms with Gasteiger partial charge in [-0.15, -0.1) is 11.3 Å². The summed E-state index contributed by atoms with van der Waals surface area (Å²) in [5.74, 6) is 0. The van der Waals surface area contributed by atoms with Gasteiger partial charge in [0, 0.05) is 55.3 Å². The molecular weight excluding hydrogens is 749 g/mol. The van der Waals surface area contributed by atoms with Crippen LogP contribution < -0.4 is 9.80 Å². The van der Waals surface area contributed by atoms with Crippen LogP contribution >= 0.6 is 23.1 Å². The Balaban J connectivity index is 1.10. The maximum absolute atomic E-state index is 5.50. The summed E-state index contributed by atoms with van der Waals surface area (Å²) in [5.41, 5.74) is 14.5. The van der Waals surface area contributed by atoms with Crippen LogP contribution in [0.25, 0.3) is 64.8 Å². The SMILES string of the molecule is c1ccc(N(c2ccccc2)c2ccc(-c3c4nsnc4c(-c4ccc(N(c5ccccc5)c5ccccc5)cc4)c4nc5c(nc34)sc3ccccc35)cc2)cc1. The van der Waals surface area contributed by atoms with Gasteiger partial charge < -0.3 is 9.80 Å². The summed E-state index contributed by atoms with van der Waals surface area (Å²) in [5, 5.41) is 1.10. The van der Waals surface area contributed by atoms with Crippen LogP contribution in [0.5, 0.6) is 0 Å². The van der Waals surface area contributed by atoms with E-state index in [0.29, 0.717) is 0 Å². The molecule has 0 saturated carbocycles. The highest BCUT2D eigenvalue weighted by atomic mass is 32.1. The van der Waals surface area contributed by atoms with E-state index >= 15 is 0 Å². The fraction of sp³-hybridized carbons (Fsp3) is 0. The van der Waals surface area contributed by atoms with Crippen LogP contribution in [-0.2, 0) is 0 Å². The number of hydrogen-bond donors (Lipinski definition) is 0. The van der Waals surface area contributed by atoms with Gasteiger partial charge in [-0.05, 0) is 90.0 Å². The van der Waals surface area contributed by atoms with E-state index in [2.05, 4.69) is 180 Å². The van der Waals surface area contributed by atoms with Gasteiger partial charge in [0.15, 0.2) is 0 Å². The minimum atomic E-state index is 0.807. The highest BCUT2D eigenvalue weighted by molar-refractivity contribution is 7.25. The summed E-state index contributed by atoms with van der Waals surface area (Å²) in [4.78, 5) is 16.4. The first-order valence-electron chi connectivity index (χ1n) is 19.1. The van der Waals surface area contributed by atoms with Crippen molar-refractivity contribution < 1.29 is 0 Å². The Hall–Kier alpha value is -7.26. The standard InChI is InChI=1S/C50H32N6S2/c1-5-15-35(16-6-1)55(36-17-7-2-8-18-36)39-29-25-33(26-30-39)43-46-47(52-50-45(51-46)41-23-13-14-24-42(41)57-50)44(49-48(43)53-58-54-49)34-27-31-40(32-28-34)56(37-19-9-3-10-20-37)38-21-11-4-12-22-38/h1-32H. The third-order valence-electron chi connectivity index (χ3n) is 10.5. The minimum absolute atomic E-state index is 0.807. The average Bonchev–Trinajstić information content (AvgIpc) is 3.92. The molecule has 0 aliphatic carbocycles. The lowest BCUT2D eigenvalue weighted by atomic mass is 9.94. The lowest BCUT2D eigenvalue weighted by Crippen LogP contribution is -2.09. The van der Waals surface area contributed by atoms with Gasteiger partial charge in [-0.2, -0.15) is 8.75 Å². The fourth-order valence-corrected chi connectivity index (χ4v) is 9.49. The summed E-state index contributed by atoms with van der Waals surface area (Å²) in [6, 6.07) is 67.7. The quantitative estimate of drug-likeness (QED) is 0.153. The molecule has 0 fully saturated rings. The Labute approximate surface area is 342 Å². The van der Waals surface area contributed by atoms with Gasteiger partial charge in [0.25, 0.3) is 0 Å². The molecule has 0 radical (unpaired) electrons. The molecule has 0 bridgehead atoms. The van der Waals surface area contributed by atoms with Crippen LogP contribution in [0.3, 0.4) is 0 Å². The first-order chi connectivity index (χ1) is 28.8. The molecular formula is C50H32N6S2. The maximum atomic E-state index is 5.50. The first kappa shape index (κ1) is 34.0. The van der Waals surface area contributed by atoms with E-state index < -0.39 is 0 Å². The summed E-state index contributed by atoms with van der Waals surface area (Å²) in [6.07, 6.45) is 0. The van der Waals surface area contributed by atoms with E-state index in [1.807, 2.05) is 24.3 Å². The smallest absolute Gasteiger partial charge is 0.143 e. The molecule has 0 amide bonds. The molecule has 0 unspecified atom stereocenters. The lowest BCUT2D eigenvalue weighted by molar-refractivity contribution is 1.28. The van der Waals surface area contributed by atoms with Crippen molar-refractivity contribution >= 4 is 99.7 Å². The zero-order valence-electron chi connectivity index (χ0n) is 31.0. The molecule has 3 aromatic heterocycles. The van der Waals surface area contributed by atoms with E-state index in [4.69, 9.17) is 18.7 Å². The summed E-state index contributed by atoms with van der Waals surface area (Å²) in [6.45, 7) is 0. The zero-order valence-corrected chi connectivity index (χ0v) is 32.6. The molecule has 3 heterocycles. The van der Waals surface area contributed by atoms with Gasteiger partial charge in [-0.25, -0.2) is 9.97 Å². The molecule has 0 saturated heterocycles. The normalized spacial score (nSPS) is 11.4. The van der Waals surface area contributed by atoms with Crippen molar-refractivity contribution in [2.24, 2.45) is 0 Å². The number of nitrogens with zero attached hydrogens (tertiary/aromatic N) is 6. The van der Waals surface area contributed by atoms with Gasteiger partial charge in [-0.1, -0.05) is 115 Å². The first-order valence-corrected chi connectivity index (χ1v) is 20.6. The Morgan fingerprint density at radius 3 is 1.16 bits per heavy atom. The second-order valence-electron chi connectivity index (χ2n) is 14.0. The van der Waals surface area contributed by atoms with E-state index in [1.54, 1.807) is 11.3 Å². The van der Waals surface area contributed by atoms with E-state index in [1.165, 1.54) is 11.7 Å². The molecule has 0 aliphatic rings. The van der Waals surface area contributed by atoms with Crippen molar-refractivity contribution in [3.05, 3.63) is 194 Å². The van der Waals surface area contributed by atoms with Crippen LogP contribution in [0.15, 0.2) is 194 Å². The van der Waals surface area contributed by atoms with Crippen molar-refractivity contribution in [3.8, 4) is 22.3 Å². The molecule has 58 heavy (non-hydrogen) atoms. The topological polar surface area (TPSA) is 58.0 Å². The van der Waals surface area contributed by atoms with Crippen molar-refractivity contribution in [1.82, 2.24) is 18.7 Å². The highest BCUT2D eigenvalue weighted by Gasteiger charge is 2.25. The maximum Gasteiger partial charge on any atom is 0.143 e. The molecule has 0 N–H and O–H groups in total. The van der Waals surface area contributed by atoms with Crippen LogP contribution in [0.1, 0.15) is 0 Å².